The molecule has 0 aromatic carbocycles. The number of nitrogens with one attached hydrogen (secondary N) is 2. The molecule has 2 rings (SSSR count). The Bertz CT molecular complexity index is 414. The normalized spacial score (nSPS) is 34.1. The summed E-state index contributed by atoms with van der Waals surface area (Å²) in [5.41, 5.74) is 0. The fraction of sp³-hybridized carbons (Fsp3) is 0.923. The van der Waals surface area contributed by atoms with Crippen molar-refractivity contribution in [2.24, 2.45) is 5.92 Å². The minimum atomic E-state index is -2.87. The van der Waals surface area contributed by atoms with Crippen molar-refractivity contribution in [3.63, 3.8) is 0 Å². The van der Waals surface area contributed by atoms with Gasteiger partial charge in [-0.1, -0.05) is 0 Å². The van der Waals surface area contributed by atoms with Crippen LogP contribution >= 0.6 is 0 Å². The second-order valence-corrected chi connectivity index (χ2v) is 8.11. The topological polar surface area (TPSA) is 75.3 Å². The van der Waals surface area contributed by atoms with Crippen molar-refractivity contribution in [2.75, 3.05) is 18.6 Å². The van der Waals surface area contributed by atoms with E-state index in [4.69, 9.17) is 0 Å². The van der Waals surface area contributed by atoms with E-state index in [9.17, 15) is 13.2 Å². The highest BCUT2D eigenvalue weighted by molar-refractivity contribution is 7.91. The molecule has 1 aliphatic heterocycles. The third-order valence-electron chi connectivity index (χ3n) is 4.30. The minimum absolute atomic E-state index is 0.0232. The minimum Gasteiger partial charge on any atom is -0.353 e. The molecule has 0 radical (unpaired) electrons. The summed E-state index contributed by atoms with van der Waals surface area (Å²) >= 11 is 0. The zero-order chi connectivity index (χ0) is 13.9. The lowest BCUT2D eigenvalue weighted by molar-refractivity contribution is -0.122. The van der Waals surface area contributed by atoms with Gasteiger partial charge in [-0.25, -0.2) is 8.42 Å². The molecule has 1 aliphatic carbocycles. The predicted molar refractivity (Wildman–Crippen MR) is 74.6 cm³/mol. The van der Waals surface area contributed by atoms with Gasteiger partial charge in [0.1, 0.15) is 0 Å². The Hall–Kier alpha value is -0.620. The zero-order valence-electron chi connectivity index (χ0n) is 11.5. The van der Waals surface area contributed by atoms with Crippen LogP contribution in [0.25, 0.3) is 0 Å². The van der Waals surface area contributed by atoms with Gasteiger partial charge in [-0.3, -0.25) is 4.79 Å². The molecule has 1 amide bonds. The highest BCUT2D eigenvalue weighted by Crippen LogP contribution is 2.22. The molecule has 0 aromatic heterocycles. The lowest BCUT2D eigenvalue weighted by Gasteiger charge is -2.29. The number of hydrogen-bond donors (Lipinski definition) is 2. The van der Waals surface area contributed by atoms with Gasteiger partial charge in [0, 0.05) is 18.5 Å². The summed E-state index contributed by atoms with van der Waals surface area (Å²) in [7, 11) is -0.897. The monoisotopic (exact) mass is 288 g/mol. The van der Waals surface area contributed by atoms with Crippen LogP contribution in [0.1, 0.15) is 38.5 Å². The van der Waals surface area contributed by atoms with Gasteiger partial charge < -0.3 is 10.6 Å². The fourth-order valence-electron chi connectivity index (χ4n) is 3.11. The SMILES string of the molecule is CNC1CCC(NC(=O)CC2CCS(=O)(=O)C2)CC1. The first-order valence-electron chi connectivity index (χ1n) is 7.15. The fourth-order valence-corrected chi connectivity index (χ4v) is 4.97. The zero-order valence-corrected chi connectivity index (χ0v) is 12.3. The lowest BCUT2D eigenvalue weighted by Crippen LogP contribution is -2.41. The van der Waals surface area contributed by atoms with Gasteiger partial charge in [0.2, 0.25) is 5.91 Å². The Balaban J connectivity index is 1.71. The number of sulfone groups is 1. The molecule has 2 aliphatic rings. The summed E-state index contributed by atoms with van der Waals surface area (Å²) in [5.74, 6) is 0.485. The first-order valence-corrected chi connectivity index (χ1v) is 8.97. The van der Waals surface area contributed by atoms with Crippen LogP contribution in [0.4, 0.5) is 0 Å². The molecule has 1 heterocycles. The first kappa shape index (κ1) is 14.8. The molecule has 1 saturated carbocycles. The van der Waals surface area contributed by atoms with Crippen LogP contribution < -0.4 is 10.6 Å². The second-order valence-electron chi connectivity index (χ2n) is 5.88. The molecule has 1 saturated heterocycles. The molecule has 1 unspecified atom stereocenters. The van der Waals surface area contributed by atoms with Crippen LogP contribution in [0, 0.1) is 5.92 Å². The predicted octanol–water partition coefficient (Wildman–Crippen LogP) is 0.458. The summed E-state index contributed by atoms with van der Waals surface area (Å²) in [6.45, 7) is 0. The van der Waals surface area contributed by atoms with Crippen molar-refractivity contribution < 1.29 is 13.2 Å². The Morgan fingerprint density at radius 3 is 2.26 bits per heavy atom. The quantitative estimate of drug-likeness (QED) is 0.788. The van der Waals surface area contributed by atoms with Gasteiger partial charge in [0.15, 0.2) is 9.84 Å². The van der Waals surface area contributed by atoms with Crippen LogP contribution in [0.2, 0.25) is 0 Å². The number of carbonyl (C=O) groups is 1. The molecule has 5 nitrogen and oxygen atoms in total. The van der Waals surface area contributed by atoms with E-state index >= 15 is 0 Å². The summed E-state index contributed by atoms with van der Waals surface area (Å²) < 4.78 is 22.7. The summed E-state index contributed by atoms with van der Waals surface area (Å²) in [5, 5.41) is 6.32. The average Bonchev–Trinajstić information content (AvgIpc) is 2.69. The van der Waals surface area contributed by atoms with E-state index in [1.165, 1.54) is 0 Å². The maximum absolute atomic E-state index is 11.9. The maximum Gasteiger partial charge on any atom is 0.220 e. The standard InChI is InChI=1S/C13H24N2O3S/c1-14-11-2-4-12(5-3-11)15-13(16)8-10-6-7-19(17,18)9-10/h10-12,14H,2-9H2,1H3,(H,15,16). The Morgan fingerprint density at radius 2 is 1.74 bits per heavy atom. The molecule has 2 N–H and O–H groups in total. The van der Waals surface area contributed by atoms with E-state index in [2.05, 4.69) is 10.6 Å². The molecule has 1 atom stereocenters. The van der Waals surface area contributed by atoms with Gasteiger partial charge >= 0.3 is 0 Å². The highest BCUT2D eigenvalue weighted by atomic mass is 32.2. The van der Waals surface area contributed by atoms with Crippen LogP contribution in [-0.2, 0) is 14.6 Å². The smallest absolute Gasteiger partial charge is 0.220 e. The van der Waals surface area contributed by atoms with Crippen molar-refractivity contribution in [3.8, 4) is 0 Å². The molecular formula is C13H24N2O3S. The largest absolute Gasteiger partial charge is 0.353 e. The number of rotatable bonds is 4. The molecular weight excluding hydrogens is 264 g/mol. The molecule has 110 valence electrons. The van der Waals surface area contributed by atoms with Crippen LogP contribution in [0.3, 0.4) is 0 Å². The Morgan fingerprint density at radius 1 is 1.11 bits per heavy atom. The average molecular weight is 288 g/mol. The third kappa shape index (κ3) is 4.45. The second kappa shape index (κ2) is 6.22. The number of hydrogen-bond acceptors (Lipinski definition) is 4. The third-order valence-corrected chi connectivity index (χ3v) is 6.14. The van der Waals surface area contributed by atoms with E-state index in [1.807, 2.05) is 7.05 Å². The highest BCUT2D eigenvalue weighted by Gasteiger charge is 2.30. The molecule has 0 spiro atoms. The maximum atomic E-state index is 11.9. The number of carbonyl (C=O) groups excluding carboxylic acids is 1. The molecule has 6 heteroatoms. The van der Waals surface area contributed by atoms with Crippen molar-refractivity contribution in [1.29, 1.82) is 0 Å². The molecule has 0 bridgehead atoms. The van der Waals surface area contributed by atoms with E-state index in [-0.39, 0.29) is 29.4 Å². The van der Waals surface area contributed by atoms with Crippen molar-refractivity contribution in [3.05, 3.63) is 0 Å². The van der Waals surface area contributed by atoms with Crippen molar-refractivity contribution in [2.45, 2.75) is 50.6 Å². The molecule has 19 heavy (non-hydrogen) atoms. The van der Waals surface area contributed by atoms with Crippen LogP contribution in [-0.4, -0.2) is 45.0 Å². The summed E-state index contributed by atoms with van der Waals surface area (Å²) in [4.78, 5) is 11.9. The molecule has 2 fully saturated rings. The Labute approximate surface area is 115 Å². The lowest BCUT2D eigenvalue weighted by atomic mass is 9.91. The van der Waals surface area contributed by atoms with E-state index in [0.29, 0.717) is 18.9 Å². The van der Waals surface area contributed by atoms with Crippen molar-refractivity contribution >= 4 is 15.7 Å². The summed E-state index contributed by atoms with van der Waals surface area (Å²) in [6.07, 6.45) is 5.23. The number of amides is 1. The van der Waals surface area contributed by atoms with Gasteiger partial charge in [0.25, 0.3) is 0 Å². The van der Waals surface area contributed by atoms with E-state index in [1.54, 1.807) is 0 Å². The molecule has 0 aromatic rings. The van der Waals surface area contributed by atoms with Gasteiger partial charge in [0.05, 0.1) is 11.5 Å². The van der Waals surface area contributed by atoms with Gasteiger partial charge in [-0.05, 0) is 45.1 Å². The van der Waals surface area contributed by atoms with E-state index < -0.39 is 9.84 Å². The summed E-state index contributed by atoms with van der Waals surface area (Å²) in [6, 6.07) is 0.850. The Kier molecular flexibility index (Phi) is 4.84. The van der Waals surface area contributed by atoms with Crippen LogP contribution in [0.5, 0.6) is 0 Å². The van der Waals surface area contributed by atoms with Crippen molar-refractivity contribution in [1.82, 2.24) is 10.6 Å². The van der Waals surface area contributed by atoms with Gasteiger partial charge in [-0.2, -0.15) is 0 Å². The van der Waals surface area contributed by atoms with Gasteiger partial charge in [-0.15, -0.1) is 0 Å². The van der Waals surface area contributed by atoms with Crippen LogP contribution in [0.15, 0.2) is 0 Å². The first-order chi connectivity index (χ1) is 8.98. The van der Waals surface area contributed by atoms with E-state index in [0.717, 1.165) is 25.7 Å².